The molecule has 1 saturated heterocycles. The summed E-state index contributed by atoms with van der Waals surface area (Å²) in [5.74, 6) is 4.45. The first-order valence-corrected chi connectivity index (χ1v) is 5.68. The van der Waals surface area contributed by atoms with E-state index >= 15 is 0 Å². The highest BCUT2D eigenvalue weighted by Crippen LogP contribution is 2.21. The molecule has 0 bridgehead atoms. The number of hydrogen-bond acceptors (Lipinski definition) is 5. The Morgan fingerprint density at radius 2 is 1.89 bits per heavy atom. The van der Waals surface area contributed by atoms with Gasteiger partial charge in [0.05, 0.1) is 19.7 Å². The van der Waals surface area contributed by atoms with Gasteiger partial charge in [0.25, 0.3) is 0 Å². The summed E-state index contributed by atoms with van der Waals surface area (Å²) >= 11 is 0. The van der Waals surface area contributed by atoms with Gasteiger partial charge in [-0.2, -0.15) is 0 Å². The zero-order chi connectivity index (χ0) is 13.0. The van der Waals surface area contributed by atoms with Gasteiger partial charge in [0.15, 0.2) is 0 Å². The lowest BCUT2D eigenvalue weighted by Crippen LogP contribution is -2.51. The monoisotopic (exact) mass is 249 g/mol. The number of piperazine rings is 1. The molecule has 1 aliphatic rings. The minimum atomic E-state index is -0.281. The second kappa shape index (κ2) is 5.61. The molecule has 96 valence electrons. The standard InChI is InChI=1S/C12H15N3O3/c13-18-6-5-9-3-1-2-4-10(9)15-7-11(16)14-12(17)8-15/h1-4H,5-8,13H2,(H,14,16,17). The molecular formula is C12H15N3O3. The smallest absolute Gasteiger partial charge is 0.246 e. The van der Waals surface area contributed by atoms with Crippen LogP contribution in [0.1, 0.15) is 5.56 Å². The topological polar surface area (TPSA) is 84.7 Å². The summed E-state index contributed by atoms with van der Waals surface area (Å²) in [5.41, 5.74) is 1.88. The molecule has 0 spiro atoms. The number of imide groups is 1. The quantitative estimate of drug-likeness (QED) is 0.559. The minimum absolute atomic E-state index is 0.187. The lowest BCUT2D eigenvalue weighted by Gasteiger charge is -2.29. The van der Waals surface area contributed by atoms with Crippen molar-refractivity contribution in [1.29, 1.82) is 0 Å². The molecule has 0 unspecified atom stereocenters. The molecule has 0 radical (unpaired) electrons. The molecule has 0 aromatic heterocycles. The van der Waals surface area contributed by atoms with Crippen molar-refractivity contribution in [3.05, 3.63) is 29.8 Å². The van der Waals surface area contributed by atoms with Gasteiger partial charge in [-0.25, -0.2) is 5.90 Å². The van der Waals surface area contributed by atoms with Crippen LogP contribution in [-0.2, 0) is 20.8 Å². The number of nitrogens with two attached hydrogens (primary N) is 1. The number of hydrogen-bond donors (Lipinski definition) is 2. The summed E-state index contributed by atoms with van der Waals surface area (Å²) in [6.07, 6.45) is 0.638. The summed E-state index contributed by atoms with van der Waals surface area (Å²) in [6.45, 7) is 0.767. The van der Waals surface area contributed by atoms with E-state index in [1.54, 1.807) is 4.90 Å². The van der Waals surface area contributed by atoms with E-state index in [-0.39, 0.29) is 24.9 Å². The van der Waals surface area contributed by atoms with E-state index in [0.29, 0.717) is 13.0 Å². The number of rotatable bonds is 4. The second-order valence-electron chi connectivity index (χ2n) is 4.08. The van der Waals surface area contributed by atoms with Crippen LogP contribution in [0.5, 0.6) is 0 Å². The summed E-state index contributed by atoms with van der Waals surface area (Å²) in [6, 6.07) is 7.60. The maximum absolute atomic E-state index is 11.4. The van der Waals surface area contributed by atoms with Gasteiger partial charge in [-0.3, -0.25) is 14.9 Å². The summed E-state index contributed by atoms with van der Waals surface area (Å²) < 4.78 is 0. The predicted octanol–water partition coefficient (Wildman–Crippen LogP) is -0.418. The molecule has 6 heteroatoms. The van der Waals surface area contributed by atoms with Crippen molar-refractivity contribution < 1.29 is 14.4 Å². The van der Waals surface area contributed by atoms with Crippen LogP contribution in [0.4, 0.5) is 5.69 Å². The Bertz CT molecular complexity index is 446. The second-order valence-corrected chi connectivity index (χ2v) is 4.08. The van der Waals surface area contributed by atoms with Crippen molar-refractivity contribution in [3.8, 4) is 0 Å². The van der Waals surface area contributed by atoms with Gasteiger partial charge >= 0.3 is 0 Å². The van der Waals surface area contributed by atoms with E-state index in [1.165, 1.54) is 0 Å². The van der Waals surface area contributed by atoms with Crippen molar-refractivity contribution in [2.75, 3.05) is 24.6 Å². The Kier molecular flexibility index (Phi) is 3.91. The third-order valence-electron chi connectivity index (χ3n) is 2.77. The molecule has 1 aliphatic heterocycles. The van der Waals surface area contributed by atoms with E-state index < -0.39 is 0 Å². The van der Waals surface area contributed by atoms with Gasteiger partial charge in [0.1, 0.15) is 0 Å². The fourth-order valence-electron chi connectivity index (χ4n) is 2.01. The normalized spacial score (nSPS) is 15.7. The van der Waals surface area contributed by atoms with Crippen molar-refractivity contribution in [2.24, 2.45) is 5.90 Å². The predicted molar refractivity (Wildman–Crippen MR) is 65.6 cm³/mol. The average Bonchev–Trinajstić information content (AvgIpc) is 2.35. The fourth-order valence-corrected chi connectivity index (χ4v) is 2.01. The fraction of sp³-hybridized carbons (Fsp3) is 0.333. The number of amides is 2. The number of carbonyl (C=O) groups is 2. The van der Waals surface area contributed by atoms with Gasteiger partial charge in [0, 0.05) is 5.69 Å². The SMILES string of the molecule is NOCCc1ccccc1N1CC(=O)NC(=O)C1. The van der Waals surface area contributed by atoms with Gasteiger partial charge < -0.3 is 9.74 Å². The van der Waals surface area contributed by atoms with Gasteiger partial charge in [-0.1, -0.05) is 18.2 Å². The number of nitrogens with zero attached hydrogens (tertiary/aromatic N) is 1. The Morgan fingerprint density at radius 3 is 2.56 bits per heavy atom. The lowest BCUT2D eigenvalue weighted by atomic mass is 10.1. The molecule has 0 saturated carbocycles. The van der Waals surface area contributed by atoms with E-state index in [9.17, 15) is 9.59 Å². The maximum atomic E-state index is 11.4. The molecule has 1 fully saturated rings. The number of nitrogens with one attached hydrogen (secondary N) is 1. The van der Waals surface area contributed by atoms with E-state index in [0.717, 1.165) is 11.3 Å². The third-order valence-corrected chi connectivity index (χ3v) is 2.77. The Hall–Kier alpha value is -1.92. The lowest BCUT2D eigenvalue weighted by molar-refractivity contribution is -0.130. The molecule has 0 aliphatic carbocycles. The number of para-hydroxylation sites is 1. The molecule has 1 aromatic rings. The third kappa shape index (κ3) is 2.85. The summed E-state index contributed by atoms with van der Waals surface area (Å²) in [7, 11) is 0. The van der Waals surface area contributed by atoms with E-state index in [2.05, 4.69) is 10.2 Å². The molecule has 1 heterocycles. The molecule has 2 amide bonds. The van der Waals surface area contributed by atoms with Crippen LogP contribution < -0.4 is 16.1 Å². The van der Waals surface area contributed by atoms with Crippen LogP contribution in [0.3, 0.4) is 0 Å². The van der Waals surface area contributed by atoms with Crippen LogP contribution in [0.15, 0.2) is 24.3 Å². The first-order chi connectivity index (χ1) is 8.70. The number of benzene rings is 1. The van der Waals surface area contributed by atoms with Crippen LogP contribution >= 0.6 is 0 Å². The first kappa shape index (κ1) is 12.5. The minimum Gasteiger partial charge on any atom is -0.353 e. The van der Waals surface area contributed by atoms with Crippen LogP contribution in [0.2, 0.25) is 0 Å². The number of anilines is 1. The van der Waals surface area contributed by atoms with Crippen molar-refractivity contribution >= 4 is 17.5 Å². The van der Waals surface area contributed by atoms with Crippen molar-refractivity contribution in [3.63, 3.8) is 0 Å². The maximum Gasteiger partial charge on any atom is 0.246 e. The molecular weight excluding hydrogens is 234 g/mol. The number of carbonyl (C=O) groups excluding carboxylic acids is 2. The Balaban J connectivity index is 2.20. The molecule has 0 atom stereocenters. The molecule has 6 nitrogen and oxygen atoms in total. The summed E-state index contributed by atoms with van der Waals surface area (Å²) in [5, 5.41) is 2.28. The summed E-state index contributed by atoms with van der Waals surface area (Å²) in [4.78, 5) is 29.1. The zero-order valence-electron chi connectivity index (χ0n) is 9.89. The molecule has 18 heavy (non-hydrogen) atoms. The average molecular weight is 249 g/mol. The van der Waals surface area contributed by atoms with Gasteiger partial charge in [-0.15, -0.1) is 0 Å². The van der Waals surface area contributed by atoms with Crippen LogP contribution in [-0.4, -0.2) is 31.5 Å². The first-order valence-electron chi connectivity index (χ1n) is 5.68. The highest BCUT2D eigenvalue weighted by atomic mass is 16.6. The largest absolute Gasteiger partial charge is 0.353 e. The molecule has 1 aromatic carbocycles. The van der Waals surface area contributed by atoms with E-state index in [4.69, 9.17) is 5.90 Å². The zero-order valence-corrected chi connectivity index (χ0v) is 9.89. The van der Waals surface area contributed by atoms with Crippen molar-refractivity contribution in [2.45, 2.75) is 6.42 Å². The highest BCUT2D eigenvalue weighted by molar-refractivity contribution is 6.02. The highest BCUT2D eigenvalue weighted by Gasteiger charge is 2.23. The molecule has 2 rings (SSSR count). The Morgan fingerprint density at radius 1 is 1.22 bits per heavy atom. The Labute approximate surface area is 105 Å². The van der Waals surface area contributed by atoms with Gasteiger partial charge in [-0.05, 0) is 18.1 Å². The van der Waals surface area contributed by atoms with Gasteiger partial charge in [0.2, 0.25) is 11.8 Å². The van der Waals surface area contributed by atoms with Crippen molar-refractivity contribution in [1.82, 2.24) is 5.32 Å². The van der Waals surface area contributed by atoms with E-state index in [1.807, 2.05) is 24.3 Å². The molecule has 3 N–H and O–H groups in total. The van der Waals surface area contributed by atoms with Crippen LogP contribution in [0.25, 0.3) is 0 Å². The van der Waals surface area contributed by atoms with Crippen LogP contribution in [0, 0.1) is 0 Å².